The van der Waals surface area contributed by atoms with E-state index in [-0.39, 0.29) is 31.1 Å². The third-order valence-corrected chi connectivity index (χ3v) is 14.4. The standard InChI is InChI=1S/C71H124O6/c1-4-7-10-13-16-19-22-24-26-28-29-30-31-32-33-34-35-36-37-38-39-40-41-42-43-44-46-47-49-52-55-58-61-64-70(73)76-67-68(66-75-69(72)63-60-57-54-51-21-18-15-12-9-6-3)77-71(74)65-62-59-56-53-50-48-45-27-25-23-20-17-14-11-8-5-2/h7,10,16,19,24,26-27,29-30,32-33,35-36,45,68H,4-6,8-9,11-15,17-18,20-23,25,28,31,34,37-44,46-67H2,1-3H3/b10-7-,19-16-,26-24-,30-29-,33-32-,36-35-,45-27-. The molecule has 0 saturated heterocycles. The van der Waals surface area contributed by atoms with Gasteiger partial charge in [-0.3, -0.25) is 14.4 Å². The molecule has 0 aromatic heterocycles. The normalized spacial score (nSPS) is 12.6. The Morgan fingerprint density at radius 3 is 0.805 bits per heavy atom. The van der Waals surface area contributed by atoms with Crippen LogP contribution in [0.3, 0.4) is 0 Å². The first-order valence-electron chi connectivity index (χ1n) is 33.1. The number of hydrogen-bond acceptors (Lipinski definition) is 6. The Morgan fingerprint density at radius 1 is 0.273 bits per heavy atom. The van der Waals surface area contributed by atoms with Gasteiger partial charge in [0.2, 0.25) is 0 Å². The predicted octanol–water partition coefficient (Wildman–Crippen LogP) is 22.7. The van der Waals surface area contributed by atoms with Gasteiger partial charge in [0.05, 0.1) is 0 Å². The minimum absolute atomic E-state index is 0.0750. The number of ether oxygens (including phenoxy) is 3. The van der Waals surface area contributed by atoms with E-state index in [4.69, 9.17) is 14.2 Å². The van der Waals surface area contributed by atoms with Gasteiger partial charge < -0.3 is 14.2 Å². The zero-order valence-corrected chi connectivity index (χ0v) is 51.0. The lowest BCUT2D eigenvalue weighted by Crippen LogP contribution is -2.30. The van der Waals surface area contributed by atoms with E-state index in [0.717, 1.165) is 103 Å². The quantitative estimate of drug-likeness (QED) is 0.0261. The van der Waals surface area contributed by atoms with Gasteiger partial charge in [0.25, 0.3) is 0 Å². The summed E-state index contributed by atoms with van der Waals surface area (Å²) in [7, 11) is 0. The van der Waals surface area contributed by atoms with Crippen LogP contribution in [0.25, 0.3) is 0 Å². The van der Waals surface area contributed by atoms with E-state index in [0.29, 0.717) is 19.3 Å². The summed E-state index contributed by atoms with van der Waals surface area (Å²) in [6.45, 7) is 6.54. The van der Waals surface area contributed by atoms with Crippen LogP contribution >= 0.6 is 0 Å². The fraction of sp³-hybridized carbons (Fsp3) is 0.761. The van der Waals surface area contributed by atoms with E-state index in [9.17, 15) is 14.4 Å². The molecule has 77 heavy (non-hydrogen) atoms. The molecule has 0 radical (unpaired) electrons. The van der Waals surface area contributed by atoms with Gasteiger partial charge in [0.1, 0.15) is 13.2 Å². The van der Waals surface area contributed by atoms with Gasteiger partial charge in [0.15, 0.2) is 6.10 Å². The zero-order chi connectivity index (χ0) is 55.7. The lowest BCUT2D eigenvalue weighted by Gasteiger charge is -2.18. The lowest BCUT2D eigenvalue weighted by atomic mass is 10.0. The van der Waals surface area contributed by atoms with Crippen molar-refractivity contribution in [2.75, 3.05) is 13.2 Å². The molecule has 0 saturated carbocycles. The molecule has 444 valence electrons. The third kappa shape index (κ3) is 63.3. The Morgan fingerprint density at radius 2 is 0.506 bits per heavy atom. The molecular formula is C71H124O6. The Hall–Kier alpha value is -3.41. The first kappa shape index (κ1) is 73.6. The van der Waals surface area contributed by atoms with Crippen LogP contribution in [0.1, 0.15) is 329 Å². The van der Waals surface area contributed by atoms with Crippen LogP contribution in [0.15, 0.2) is 85.1 Å². The molecule has 0 aliphatic heterocycles. The van der Waals surface area contributed by atoms with Crippen molar-refractivity contribution in [1.29, 1.82) is 0 Å². The van der Waals surface area contributed by atoms with Crippen LogP contribution in [0.2, 0.25) is 0 Å². The molecule has 0 rings (SSSR count). The number of esters is 3. The Labute approximate surface area is 477 Å². The van der Waals surface area contributed by atoms with Crippen molar-refractivity contribution in [2.24, 2.45) is 0 Å². The molecule has 0 aliphatic rings. The van der Waals surface area contributed by atoms with Gasteiger partial charge in [-0.2, -0.15) is 0 Å². The van der Waals surface area contributed by atoms with Crippen molar-refractivity contribution in [3.05, 3.63) is 85.1 Å². The van der Waals surface area contributed by atoms with Gasteiger partial charge in [-0.1, -0.05) is 298 Å². The number of hydrogen-bond donors (Lipinski definition) is 0. The van der Waals surface area contributed by atoms with Gasteiger partial charge in [-0.15, -0.1) is 0 Å². The maximum Gasteiger partial charge on any atom is 0.306 e. The van der Waals surface area contributed by atoms with Crippen molar-refractivity contribution in [3.63, 3.8) is 0 Å². The van der Waals surface area contributed by atoms with Crippen LogP contribution in [0.4, 0.5) is 0 Å². The van der Waals surface area contributed by atoms with Crippen molar-refractivity contribution < 1.29 is 28.6 Å². The zero-order valence-electron chi connectivity index (χ0n) is 51.0. The molecule has 0 fully saturated rings. The number of unbranched alkanes of at least 4 members (excludes halogenated alkanes) is 35. The average Bonchev–Trinajstić information content (AvgIpc) is 3.43. The van der Waals surface area contributed by atoms with E-state index >= 15 is 0 Å². The van der Waals surface area contributed by atoms with E-state index in [1.807, 2.05) is 0 Å². The van der Waals surface area contributed by atoms with Crippen molar-refractivity contribution >= 4 is 17.9 Å². The van der Waals surface area contributed by atoms with Crippen molar-refractivity contribution in [1.82, 2.24) is 0 Å². The molecule has 0 aromatic rings. The minimum atomic E-state index is -0.777. The monoisotopic (exact) mass is 1070 g/mol. The third-order valence-electron chi connectivity index (χ3n) is 14.4. The summed E-state index contributed by atoms with van der Waals surface area (Å²) in [6.07, 6.45) is 86.1. The fourth-order valence-electron chi connectivity index (χ4n) is 9.44. The molecule has 0 amide bonds. The number of rotatable bonds is 60. The molecule has 0 bridgehead atoms. The maximum atomic E-state index is 12.9. The molecule has 1 unspecified atom stereocenters. The van der Waals surface area contributed by atoms with Gasteiger partial charge >= 0.3 is 17.9 Å². The van der Waals surface area contributed by atoms with Crippen molar-refractivity contribution in [3.8, 4) is 0 Å². The van der Waals surface area contributed by atoms with E-state index in [1.54, 1.807) is 0 Å². The van der Waals surface area contributed by atoms with Crippen LogP contribution < -0.4 is 0 Å². The number of carbonyl (C=O) groups excluding carboxylic acids is 3. The predicted molar refractivity (Wildman–Crippen MR) is 334 cm³/mol. The fourth-order valence-corrected chi connectivity index (χ4v) is 9.44. The molecular weight excluding hydrogens is 949 g/mol. The summed E-state index contributed by atoms with van der Waals surface area (Å²) < 4.78 is 16.9. The summed E-state index contributed by atoms with van der Waals surface area (Å²) in [5.41, 5.74) is 0. The summed E-state index contributed by atoms with van der Waals surface area (Å²) in [5, 5.41) is 0. The smallest absolute Gasteiger partial charge is 0.306 e. The highest BCUT2D eigenvalue weighted by Gasteiger charge is 2.19. The second-order valence-corrected chi connectivity index (χ2v) is 22.0. The highest BCUT2D eigenvalue weighted by Crippen LogP contribution is 2.17. The summed E-state index contributed by atoms with van der Waals surface area (Å²) in [5.74, 6) is -0.872. The summed E-state index contributed by atoms with van der Waals surface area (Å²) >= 11 is 0. The molecule has 0 N–H and O–H groups in total. The Balaban J connectivity index is 4.13. The molecule has 0 spiro atoms. The highest BCUT2D eigenvalue weighted by atomic mass is 16.6. The van der Waals surface area contributed by atoms with E-state index in [2.05, 4.69) is 106 Å². The lowest BCUT2D eigenvalue weighted by molar-refractivity contribution is -0.167. The second kappa shape index (κ2) is 65.1. The first-order valence-corrected chi connectivity index (χ1v) is 33.1. The molecule has 0 aliphatic carbocycles. The van der Waals surface area contributed by atoms with E-state index < -0.39 is 6.10 Å². The molecule has 0 aromatic carbocycles. The molecule has 1 atom stereocenters. The van der Waals surface area contributed by atoms with Crippen LogP contribution in [0.5, 0.6) is 0 Å². The van der Waals surface area contributed by atoms with Gasteiger partial charge in [-0.25, -0.2) is 0 Å². The molecule has 0 heterocycles. The highest BCUT2D eigenvalue weighted by molar-refractivity contribution is 5.71. The SMILES string of the molecule is CC/C=C\C/C=C\C/C=C\C/C=C\C/C=C\C/C=C\CCCCCCCCCCCCCCCCC(=O)OCC(COC(=O)CCCCCCCCCCCC)OC(=O)CCCCCCC/C=C\CCCCCCCCC. The average molecular weight is 1070 g/mol. The Kier molecular flexibility index (Phi) is 62.2. The van der Waals surface area contributed by atoms with Crippen LogP contribution in [-0.2, 0) is 28.6 Å². The van der Waals surface area contributed by atoms with Crippen molar-refractivity contribution in [2.45, 2.75) is 335 Å². The van der Waals surface area contributed by atoms with Crippen LogP contribution in [0, 0.1) is 0 Å². The number of allylic oxidation sites excluding steroid dienone is 14. The minimum Gasteiger partial charge on any atom is -0.462 e. The molecule has 6 heteroatoms. The topological polar surface area (TPSA) is 78.9 Å². The summed E-state index contributed by atoms with van der Waals surface area (Å²) in [6, 6.07) is 0. The first-order chi connectivity index (χ1) is 38.0. The Bertz CT molecular complexity index is 1470. The largest absolute Gasteiger partial charge is 0.462 e. The second-order valence-electron chi connectivity index (χ2n) is 22.0. The van der Waals surface area contributed by atoms with Crippen LogP contribution in [-0.4, -0.2) is 37.2 Å². The summed E-state index contributed by atoms with van der Waals surface area (Å²) in [4.78, 5) is 38.2. The maximum absolute atomic E-state index is 12.9. The number of carbonyl (C=O) groups is 3. The van der Waals surface area contributed by atoms with Gasteiger partial charge in [0, 0.05) is 19.3 Å². The van der Waals surface area contributed by atoms with Gasteiger partial charge in [-0.05, 0) is 96.3 Å². The van der Waals surface area contributed by atoms with E-state index in [1.165, 1.54) is 186 Å². The molecule has 6 nitrogen and oxygen atoms in total.